The van der Waals surface area contributed by atoms with Gasteiger partial charge in [0.05, 0.1) is 0 Å². The molecule has 44 valence electrons. The van der Waals surface area contributed by atoms with Crippen LogP contribution in [0.15, 0.2) is 0 Å². The van der Waals surface area contributed by atoms with E-state index in [4.69, 9.17) is 4.74 Å². The van der Waals surface area contributed by atoms with Crippen LogP contribution in [0.2, 0.25) is 0 Å². The van der Waals surface area contributed by atoms with Crippen molar-refractivity contribution in [1.29, 1.82) is 0 Å². The summed E-state index contributed by atoms with van der Waals surface area (Å²) in [6.07, 6.45) is 0. The summed E-state index contributed by atoms with van der Waals surface area (Å²) < 4.78 is 4.83. The van der Waals surface area contributed by atoms with Gasteiger partial charge in [-0.15, -0.1) is 12.4 Å². The fraction of sp³-hybridized carbons (Fsp3) is 1.00. The SMILES string of the molecule is CCOCC.Cl.[MgH2]. The molecule has 0 bridgehead atoms. The molecule has 0 aliphatic heterocycles. The van der Waals surface area contributed by atoms with E-state index in [1.54, 1.807) is 0 Å². The van der Waals surface area contributed by atoms with E-state index in [9.17, 15) is 0 Å². The Kier molecular flexibility index (Phi) is 35.3. The average Bonchev–Trinajstić information content (AvgIpc) is 1.41. The van der Waals surface area contributed by atoms with Gasteiger partial charge in [0.15, 0.2) is 0 Å². The van der Waals surface area contributed by atoms with Crippen LogP contribution in [0.25, 0.3) is 0 Å². The monoisotopic (exact) mass is 136 g/mol. The summed E-state index contributed by atoms with van der Waals surface area (Å²) in [5.74, 6) is 0. The Morgan fingerprint density at radius 3 is 1.43 bits per heavy atom. The highest BCUT2D eigenvalue weighted by Gasteiger charge is 1.64. The summed E-state index contributed by atoms with van der Waals surface area (Å²) in [5, 5.41) is 0. The second-order valence-electron chi connectivity index (χ2n) is 0.781. The van der Waals surface area contributed by atoms with E-state index in [-0.39, 0.29) is 35.5 Å². The van der Waals surface area contributed by atoms with Crippen LogP contribution in [0.5, 0.6) is 0 Å². The molecule has 0 rings (SSSR count). The molecule has 7 heavy (non-hydrogen) atoms. The minimum Gasteiger partial charge on any atom is -0.382 e. The van der Waals surface area contributed by atoms with Crippen molar-refractivity contribution in [1.82, 2.24) is 0 Å². The molecule has 0 saturated heterocycles. The van der Waals surface area contributed by atoms with E-state index in [2.05, 4.69) is 0 Å². The Labute approximate surface area is 67.4 Å². The number of hydrogen-bond acceptors (Lipinski definition) is 1. The quantitative estimate of drug-likeness (QED) is 0.505. The molecule has 0 saturated carbocycles. The van der Waals surface area contributed by atoms with Crippen molar-refractivity contribution in [3.63, 3.8) is 0 Å². The van der Waals surface area contributed by atoms with Gasteiger partial charge >= 0.3 is 23.1 Å². The van der Waals surface area contributed by atoms with Gasteiger partial charge < -0.3 is 4.74 Å². The van der Waals surface area contributed by atoms with Crippen LogP contribution in [0.4, 0.5) is 0 Å². The lowest BCUT2D eigenvalue weighted by Gasteiger charge is -1.86. The molecule has 0 aliphatic carbocycles. The lowest BCUT2D eigenvalue weighted by atomic mass is 10.8. The van der Waals surface area contributed by atoms with Crippen molar-refractivity contribution in [2.75, 3.05) is 13.2 Å². The highest BCUT2D eigenvalue weighted by atomic mass is 35.5. The smallest absolute Gasteiger partial charge is 0.316 e. The van der Waals surface area contributed by atoms with Crippen molar-refractivity contribution in [2.24, 2.45) is 0 Å². The molecule has 0 heterocycles. The van der Waals surface area contributed by atoms with E-state index in [0.717, 1.165) is 13.2 Å². The minimum absolute atomic E-state index is 0. The first-order valence-corrected chi connectivity index (χ1v) is 1.99. The first-order chi connectivity index (χ1) is 2.41. The zero-order valence-electron chi connectivity index (χ0n) is 4.23. The molecular formula is C4H13ClMgO. The second-order valence-corrected chi connectivity index (χ2v) is 0.781. The average molecular weight is 137 g/mol. The predicted molar refractivity (Wildman–Crippen MR) is 38.0 cm³/mol. The largest absolute Gasteiger partial charge is 0.382 e. The van der Waals surface area contributed by atoms with Gasteiger partial charge in [0.2, 0.25) is 0 Å². The van der Waals surface area contributed by atoms with Crippen LogP contribution < -0.4 is 0 Å². The maximum atomic E-state index is 4.83. The molecule has 0 fully saturated rings. The van der Waals surface area contributed by atoms with E-state index in [0.29, 0.717) is 0 Å². The lowest BCUT2D eigenvalue weighted by Crippen LogP contribution is -1.84. The Hall–Kier alpha value is 1.02. The molecule has 0 aromatic carbocycles. The van der Waals surface area contributed by atoms with E-state index < -0.39 is 0 Å². The molecule has 0 amide bonds. The van der Waals surface area contributed by atoms with Gasteiger partial charge in [0.1, 0.15) is 0 Å². The Morgan fingerprint density at radius 2 is 1.43 bits per heavy atom. The molecular weight excluding hydrogens is 124 g/mol. The fourth-order valence-electron chi connectivity index (χ4n) is 0.204. The van der Waals surface area contributed by atoms with Crippen molar-refractivity contribution in [2.45, 2.75) is 13.8 Å². The fourth-order valence-corrected chi connectivity index (χ4v) is 0.204. The first kappa shape index (κ1) is 15.7. The zero-order valence-corrected chi connectivity index (χ0v) is 5.05. The van der Waals surface area contributed by atoms with Crippen molar-refractivity contribution in [3.8, 4) is 0 Å². The summed E-state index contributed by atoms with van der Waals surface area (Å²) in [7, 11) is 0. The third kappa shape index (κ3) is 19.4. The van der Waals surface area contributed by atoms with Gasteiger partial charge in [0.25, 0.3) is 0 Å². The normalized spacial score (nSPS) is 6.00. The van der Waals surface area contributed by atoms with Gasteiger partial charge in [0, 0.05) is 13.2 Å². The molecule has 0 spiro atoms. The topological polar surface area (TPSA) is 9.23 Å². The van der Waals surface area contributed by atoms with Crippen LogP contribution in [-0.2, 0) is 4.74 Å². The van der Waals surface area contributed by atoms with Gasteiger partial charge in [-0.3, -0.25) is 0 Å². The number of rotatable bonds is 2. The molecule has 3 heteroatoms. The van der Waals surface area contributed by atoms with Crippen LogP contribution in [0.1, 0.15) is 13.8 Å². The summed E-state index contributed by atoms with van der Waals surface area (Å²) in [4.78, 5) is 0. The Bertz CT molecular complexity index is 19.2. The molecule has 0 radical (unpaired) electrons. The third-order valence-corrected chi connectivity index (χ3v) is 0.408. The Balaban J connectivity index is -0.0000000800. The van der Waals surface area contributed by atoms with Gasteiger partial charge in [-0.1, -0.05) is 0 Å². The number of ether oxygens (including phenoxy) is 1. The van der Waals surface area contributed by atoms with Crippen LogP contribution in [-0.4, -0.2) is 36.3 Å². The summed E-state index contributed by atoms with van der Waals surface area (Å²) >= 11 is 0. The second kappa shape index (κ2) is 15.7. The van der Waals surface area contributed by atoms with Crippen LogP contribution in [0.3, 0.4) is 0 Å². The zero-order chi connectivity index (χ0) is 4.12. The Morgan fingerprint density at radius 1 is 1.14 bits per heavy atom. The van der Waals surface area contributed by atoms with E-state index in [1.807, 2.05) is 13.8 Å². The number of halogens is 1. The van der Waals surface area contributed by atoms with E-state index >= 15 is 0 Å². The van der Waals surface area contributed by atoms with Crippen molar-refractivity contribution >= 4 is 35.5 Å². The van der Waals surface area contributed by atoms with Crippen LogP contribution >= 0.6 is 12.4 Å². The molecule has 0 aliphatic rings. The third-order valence-electron chi connectivity index (χ3n) is 0.408. The summed E-state index contributed by atoms with van der Waals surface area (Å²) in [6, 6.07) is 0. The molecule has 0 atom stereocenters. The summed E-state index contributed by atoms with van der Waals surface area (Å²) in [6.45, 7) is 5.67. The van der Waals surface area contributed by atoms with Gasteiger partial charge in [-0.25, -0.2) is 0 Å². The van der Waals surface area contributed by atoms with Crippen molar-refractivity contribution in [3.05, 3.63) is 0 Å². The summed E-state index contributed by atoms with van der Waals surface area (Å²) in [5.41, 5.74) is 0. The maximum absolute atomic E-state index is 4.83. The predicted octanol–water partition coefficient (Wildman–Crippen LogP) is 0.548. The van der Waals surface area contributed by atoms with Gasteiger partial charge in [-0.05, 0) is 13.8 Å². The number of hydrogen-bond donors (Lipinski definition) is 0. The molecule has 0 unspecified atom stereocenters. The molecule has 0 aromatic heterocycles. The molecule has 0 aromatic rings. The first-order valence-electron chi connectivity index (χ1n) is 1.99. The molecule has 1 nitrogen and oxygen atoms in total. The lowest BCUT2D eigenvalue weighted by molar-refractivity contribution is 0.162. The highest BCUT2D eigenvalue weighted by Crippen LogP contribution is 1.64. The van der Waals surface area contributed by atoms with E-state index in [1.165, 1.54) is 0 Å². The highest BCUT2D eigenvalue weighted by molar-refractivity contribution is 5.85. The maximum Gasteiger partial charge on any atom is 0.316 e. The standard InChI is InChI=1S/C4H10O.ClH.Mg.2H/c1-3-5-4-2;;;;/h3-4H2,1-2H3;1H;;;. The van der Waals surface area contributed by atoms with Gasteiger partial charge in [-0.2, -0.15) is 0 Å². The van der Waals surface area contributed by atoms with Crippen LogP contribution in [0, 0.1) is 0 Å². The minimum atomic E-state index is 0. The van der Waals surface area contributed by atoms with Crippen molar-refractivity contribution < 1.29 is 4.74 Å². The molecule has 0 N–H and O–H groups in total.